The molecule has 0 radical (unpaired) electrons. The Morgan fingerprint density at radius 2 is 1.35 bits per heavy atom. The van der Waals surface area contributed by atoms with Crippen molar-refractivity contribution < 1.29 is 18.0 Å². The fourth-order valence-corrected chi connectivity index (χ4v) is 6.10. The van der Waals surface area contributed by atoms with Crippen LogP contribution in [0.5, 0.6) is 0 Å². The fourth-order valence-electron chi connectivity index (χ4n) is 4.21. The van der Waals surface area contributed by atoms with Gasteiger partial charge < -0.3 is 5.32 Å². The van der Waals surface area contributed by atoms with Crippen molar-refractivity contribution in [3.05, 3.63) is 142 Å². The number of Topliss-reactive ketones (excluding diaryl/α,β-unsaturated/α-hetero) is 1. The lowest BCUT2D eigenvalue weighted by Gasteiger charge is -2.34. The van der Waals surface area contributed by atoms with E-state index in [-0.39, 0.29) is 44.5 Å². The predicted molar refractivity (Wildman–Crippen MR) is 142 cm³/mol. The van der Waals surface area contributed by atoms with E-state index in [2.05, 4.69) is 5.32 Å². The highest BCUT2D eigenvalue weighted by Crippen LogP contribution is 2.38. The minimum atomic E-state index is -4.15. The first-order chi connectivity index (χ1) is 17.9. The van der Waals surface area contributed by atoms with E-state index in [4.69, 9.17) is 11.6 Å². The highest BCUT2D eigenvalue weighted by molar-refractivity contribution is 7.89. The molecule has 0 bridgehead atoms. The number of benzene rings is 4. The van der Waals surface area contributed by atoms with Crippen molar-refractivity contribution in [2.24, 2.45) is 0 Å². The Morgan fingerprint density at radius 1 is 0.757 bits per heavy atom. The van der Waals surface area contributed by atoms with Crippen molar-refractivity contribution in [1.29, 1.82) is 0 Å². The molecule has 0 aliphatic carbocycles. The van der Waals surface area contributed by atoms with Crippen molar-refractivity contribution in [3.63, 3.8) is 0 Å². The van der Waals surface area contributed by atoms with Crippen LogP contribution in [0.15, 0.2) is 120 Å². The number of sulfonamides is 1. The van der Waals surface area contributed by atoms with Gasteiger partial charge in [0.1, 0.15) is 5.70 Å². The Morgan fingerprint density at radius 3 is 2.05 bits per heavy atom. The quantitative estimate of drug-likeness (QED) is 0.334. The van der Waals surface area contributed by atoms with E-state index in [1.807, 2.05) is 6.07 Å². The maximum atomic E-state index is 14.0. The minimum Gasteiger partial charge on any atom is -0.319 e. The standard InChI is InChI=1S/C29H21ClN2O4S/c30-24-17-9-7-15-22(24)29(34)31-26-23-16-8-10-18-25(23)37(35,36)32(19-20-11-3-1-4-12-20)27(26)28(33)21-13-5-2-6-14-21/h1-18H,19H2,(H,31,34). The lowest BCUT2D eigenvalue weighted by Crippen LogP contribution is -2.41. The van der Waals surface area contributed by atoms with Crippen LogP contribution in [0.4, 0.5) is 0 Å². The van der Waals surface area contributed by atoms with E-state index in [9.17, 15) is 18.0 Å². The van der Waals surface area contributed by atoms with Gasteiger partial charge in [-0.1, -0.05) is 103 Å². The fraction of sp³-hybridized carbons (Fsp3) is 0.0345. The molecule has 1 aliphatic rings. The summed E-state index contributed by atoms with van der Waals surface area (Å²) in [6, 6.07) is 30.2. The summed E-state index contributed by atoms with van der Waals surface area (Å²) in [5.74, 6) is -1.10. The van der Waals surface area contributed by atoms with Crippen LogP contribution in [0.3, 0.4) is 0 Å². The molecular formula is C29H21ClN2O4S. The third kappa shape index (κ3) is 4.67. The van der Waals surface area contributed by atoms with E-state index < -0.39 is 21.7 Å². The molecule has 0 fully saturated rings. The van der Waals surface area contributed by atoms with Gasteiger partial charge in [0.25, 0.3) is 15.9 Å². The average molecular weight is 529 g/mol. The molecule has 4 aromatic rings. The third-order valence-electron chi connectivity index (χ3n) is 5.99. The summed E-state index contributed by atoms with van der Waals surface area (Å²) >= 11 is 6.26. The normalized spacial score (nSPS) is 14.1. The summed E-state index contributed by atoms with van der Waals surface area (Å²) in [5.41, 5.74) is 1.35. The zero-order chi connectivity index (χ0) is 26.0. The van der Waals surface area contributed by atoms with Crippen LogP contribution in [0.25, 0.3) is 5.70 Å². The SMILES string of the molecule is O=C(C1=C(NC(=O)c2ccccc2Cl)c2ccccc2S(=O)(=O)N1Cc1ccccc1)c1ccccc1. The van der Waals surface area contributed by atoms with Crippen LogP contribution in [-0.4, -0.2) is 24.4 Å². The zero-order valence-corrected chi connectivity index (χ0v) is 21.0. The molecule has 1 amide bonds. The Balaban J connectivity index is 1.76. The van der Waals surface area contributed by atoms with E-state index in [1.165, 1.54) is 6.07 Å². The van der Waals surface area contributed by atoms with Crippen LogP contribution in [0, 0.1) is 0 Å². The van der Waals surface area contributed by atoms with E-state index in [1.54, 1.807) is 97.1 Å². The summed E-state index contributed by atoms with van der Waals surface area (Å²) in [7, 11) is -4.15. The lowest BCUT2D eigenvalue weighted by molar-refractivity contribution is 0.0972. The second-order valence-corrected chi connectivity index (χ2v) is 10.6. The number of nitrogens with zero attached hydrogens (tertiary/aromatic N) is 1. The third-order valence-corrected chi connectivity index (χ3v) is 8.12. The smallest absolute Gasteiger partial charge is 0.265 e. The Kier molecular flexibility index (Phi) is 6.65. The number of carbonyl (C=O) groups is 2. The first-order valence-corrected chi connectivity index (χ1v) is 13.3. The number of amides is 1. The number of ketones is 1. The molecule has 0 saturated carbocycles. The van der Waals surface area contributed by atoms with Crippen LogP contribution < -0.4 is 5.32 Å². The summed E-state index contributed by atoms with van der Waals surface area (Å²) < 4.78 is 28.9. The molecule has 1 heterocycles. The number of hydrogen-bond donors (Lipinski definition) is 1. The number of hydrogen-bond acceptors (Lipinski definition) is 4. The Bertz CT molecular complexity index is 1640. The number of nitrogens with one attached hydrogen (secondary N) is 1. The van der Waals surface area contributed by atoms with Gasteiger partial charge in [0.2, 0.25) is 5.78 Å². The average Bonchev–Trinajstić information content (AvgIpc) is 2.92. The molecule has 37 heavy (non-hydrogen) atoms. The molecule has 0 atom stereocenters. The van der Waals surface area contributed by atoms with Gasteiger partial charge in [-0.05, 0) is 23.8 Å². The number of halogens is 1. The molecule has 0 saturated heterocycles. The molecule has 1 aliphatic heterocycles. The van der Waals surface area contributed by atoms with E-state index >= 15 is 0 Å². The van der Waals surface area contributed by atoms with Gasteiger partial charge in [0, 0.05) is 11.1 Å². The summed E-state index contributed by atoms with van der Waals surface area (Å²) in [6.07, 6.45) is 0. The largest absolute Gasteiger partial charge is 0.319 e. The van der Waals surface area contributed by atoms with Crippen LogP contribution in [0.1, 0.15) is 31.8 Å². The van der Waals surface area contributed by atoms with Crippen molar-refractivity contribution in [2.45, 2.75) is 11.4 Å². The molecule has 0 unspecified atom stereocenters. The van der Waals surface area contributed by atoms with Gasteiger partial charge in [0.15, 0.2) is 0 Å². The monoisotopic (exact) mass is 528 g/mol. The second-order valence-electron chi connectivity index (χ2n) is 8.35. The zero-order valence-electron chi connectivity index (χ0n) is 19.5. The summed E-state index contributed by atoms with van der Waals surface area (Å²) in [6.45, 7) is -0.100. The van der Waals surface area contributed by atoms with Crippen LogP contribution >= 0.6 is 11.6 Å². The minimum absolute atomic E-state index is 0.00926. The molecule has 1 N–H and O–H groups in total. The number of allylic oxidation sites excluding steroid dienone is 1. The Hall–Kier alpha value is -4.20. The molecular weight excluding hydrogens is 508 g/mol. The molecule has 6 nitrogen and oxygen atoms in total. The lowest BCUT2D eigenvalue weighted by atomic mass is 10.0. The second kappa shape index (κ2) is 10.0. The predicted octanol–water partition coefficient (Wildman–Crippen LogP) is 5.53. The van der Waals surface area contributed by atoms with E-state index in [0.29, 0.717) is 5.56 Å². The van der Waals surface area contributed by atoms with Crippen molar-refractivity contribution in [2.75, 3.05) is 0 Å². The maximum Gasteiger partial charge on any atom is 0.265 e. The van der Waals surface area contributed by atoms with Gasteiger partial charge in [-0.25, -0.2) is 8.42 Å². The highest BCUT2D eigenvalue weighted by Gasteiger charge is 2.40. The molecule has 0 aromatic heterocycles. The number of fused-ring (bicyclic) bond motifs is 1. The van der Waals surface area contributed by atoms with Crippen LogP contribution in [-0.2, 0) is 16.6 Å². The molecule has 8 heteroatoms. The maximum absolute atomic E-state index is 14.0. The van der Waals surface area contributed by atoms with E-state index in [0.717, 1.165) is 4.31 Å². The summed E-state index contributed by atoms with van der Waals surface area (Å²) in [5, 5.41) is 3.05. The van der Waals surface area contributed by atoms with Gasteiger partial charge in [0.05, 0.1) is 27.7 Å². The van der Waals surface area contributed by atoms with Crippen molar-refractivity contribution in [1.82, 2.24) is 9.62 Å². The van der Waals surface area contributed by atoms with Crippen LogP contribution in [0.2, 0.25) is 5.02 Å². The molecule has 4 aromatic carbocycles. The first kappa shape index (κ1) is 24.5. The molecule has 5 rings (SSSR count). The van der Waals surface area contributed by atoms with Crippen molar-refractivity contribution in [3.8, 4) is 0 Å². The number of carbonyl (C=O) groups excluding carboxylic acids is 2. The van der Waals surface area contributed by atoms with Gasteiger partial charge in [-0.3, -0.25) is 13.9 Å². The van der Waals surface area contributed by atoms with Gasteiger partial charge in [-0.2, -0.15) is 0 Å². The number of rotatable bonds is 6. The molecule has 0 spiro atoms. The van der Waals surface area contributed by atoms with Crippen molar-refractivity contribution >= 4 is 39.0 Å². The topological polar surface area (TPSA) is 83.5 Å². The Labute approximate surface area is 219 Å². The molecule has 184 valence electrons. The first-order valence-electron chi connectivity index (χ1n) is 11.4. The van der Waals surface area contributed by atoms with Gasteiger partial charge in [-0.15, -0.1) is 0 Å². The van der Waals surface area contributed by atoms with Gasteiger partial charge >= 0.3 is 0 Å². The summed E-state index contributed by atoms with van der Waals surface area (Å²) in [4.78, 5) is 27.3. The highest BCUT2D eigenvalue weighted by atomic mass is 35.5.